The van der Waals surface area contributed by atoms with E-state index in [1.807, 2.05) is 12.3 Å². The third-order valence-corrected chi connectivity index (χ3v) is 5.74. The maximum atomic E-state index is 13.6. The third-order valence-electron chi connectivity index (χ3n) is 5.74. The number of imidazole rings is 1. The van der Waals surface area contributed by atoms with Crippen LogP contribution in [0.1, 0.15) is 58.4 Å². The van der Waals surface area contributed by atoms with E-state index in [9.17, 15) is 4.39 Å². The van der Waals surface area contributed by atoms with E-state index in [4.69, 9.17) is 4.98 Å². The Morgan fingerprint density at radius 3 is 2.10 bits per heavy atom. The maximum absolute atomic E-state index is 13.6. The number of pyridine rings is 1. The van der Waals surface area contributed by atoms with Gasteiger partial charge in [-0.2, -0.15) is 0 Å². The molecule has 0 amide bonds. The van der Waals surface area contributed by atoms with E-state index in [1.54, 1.807) is 12.1 Å². The van der Waals surface area contributed by atoms with Gasteiger partial charge in [0.2, 0.25) is 0 Å². The van der Waals surface area contributed by atoms with Crippen molar-refractivity contribution in [2.24, 2.45) is 0 Å². The molecule has 156 valence electrons. The van der Waals surface area contributed by atoms with Crippen LogP contribution >= 0.6 is 0 Å². The average Bonchev–Trinajstić information content (AvgIpc) is 2.96. The van der Waals surface area contributed by atoms with Gasteiger partial charge >= 0.3 is 0 Å². The summed E-state index contributed by atoms with van der Waals surface area (Å²) in [4.78, 5) is 4.88. The van der Waals surface area contributed by atoms with E-state index in [-0.39, 0.29) is 16.6 Å². The molecule has 4 rings (SSSR count). The van der Waals surface area contributed by atoms with Crippen LogP contribution in [0, 0.1) is 12.7 Å². The number of nitrogens with zero attached hydrogens (tertiary/aromatic N) is 2. The lowest BCUT2D eigenvalue weighted by Gasteiger charge is -2.26. The van der Waals surface area contributed by atoms with E-state index < -0.39 is 0 Å². The summed E-state index contributed by atoms with van der Waals surface area (Å²) in [6, 6.07) is 13.5. The quantitative estimate of drug-likeness (QED) is 0.381. The van der Waals surface area contributed by atoms with Crippen molar-refractivity contribution in [3.63, 3.8) is 0 Å². The minimum Gasteiger partial charge on any atom is -0.339 e. The molecule has 0 fully saturated rings. The van der Waals surface area contributed by atoms with Crippen molar-refractivity contribution in [1.82, 2.24) is 9.38 Å². The number of nitrogens with one attached hydrogen (secondary N) is 1. The second-order valence-corrected chi connectivity index (χ2v) is 10.2. The van der Waals surface area contributed by atoms with Crippen LogP contribution < -0.4 is 5.32 Å². The molecule has 30 heavy (non-hydrogen) atoms. The summed E-state index contributed by atoms with van der Waals surface area (Å²) in [5.74, 6) is 0.583. The largest absolute Gasteiger partial charge is 0.339 e. The highest BCUT2D eigenvalue weighted by Gasteiger charge is 2.21. The van der Waals surface area contributed by atoms with Gasteiger partial charge in [0, 0.05) is 17.3 Å². The molecule has 0 aliphatic rings. The van der Waals surface area contributed by atoms with E-state index in [0.29, 0.717) is 0 Å². The third kappa shape index (κ3) is 3.67. The summed E-state index contributed by atoms with van der Waals surface area (Å²) in [5.41, 5.74) is 5.57. The molecule has 2 aromatic heterocycles. The van der Waals surface area contributed by atoms with Crippen LogP contribution in [0.4, 0.5) is 15.9 Å². The molecular weight excluding hydrogens is 373 g/mol. The average molecular weight is 404 g/mol. The molecule has 0 atom stereocenters. The molecule has 0 unspecified atom stereocenters. The zero-order valence-electron chi connectivity index (χ0n) is 18.9. The van der Waals surface area contributed by atoms with Gasteiger partial charge < -0.3 is 9.72 Å². The molecule has 3 nitrogen and oxygen atoms in total. The Labute approximate surface area is 178 Å². The van der Waals surface area contributed by atoms with Crippen LogP contribution in [0.15, 0.2) is 48.7 Å². The number of fused-ring (bicyclic) bond motifs is 3. The van der Waals surface area contributed by atoms with Crippen LogP contribution in [0.3, 0.4) is 0 Å². The first-order chi connectivity index (χ1) is 13.9. The van der Waals surface area contributed by atoms with Gasteiger partial charge in [-0.05, 0) is 70.7 Å². The van der Waals surface area contributed by atoms with Gasteiger partial charge in [-0.1, -0.05) is 47.6 Å². The van der Waals surface area contributed by atoms with Gasteiger partial charge in [0.1, 0.15) is 11.5 Å². The standard InChI is InChI=1S/C26H30FN3/c1-16-23(29-24-22-9-8-20(27)12-17(22)10-11-30(16)24)28-21-14-18(25(2,3)4)13-19(15-21)26(5,6)7/h8-15,28H,1-7H3. The van der Waals surface area contributed by atoms with Gasteiger partial charge in [0.15, 0.2) is 5.82 Å². The molecule has 2 heterocycles. The molecule has 0 aliphatic carbocycles. The summed E-state index contributed by atoms with van der Waals surface area (Å²) >= 11 is 0. The van der Waals surface area contributed by atoms with Crippen LogP contribution in [-0.4, -0.2) is 9.38 Å². The minimum absolute atomic E-state index is 0.0475. The Morgan fingerprint density at radius 2 is 1.50 bits per heavy atom. The summed E-state index contributed by atoms with van der Waals surface area (Å²) < 4.78 is 15.7. The van der Waals surface area contributed by atoms with Crippen LogP contribution in [0.2, 0.25) is 0 Å². The van der Waals surface area contributed by atoms with Gasteiger partial charge in [-0.15, -0.1) is 0 Å². The van der Waals surface area contributed by atoms with Gasteiger partial charge in [0.05, 0.1) is 5.69 Å². The second-order valence-electron chi connectivity index (χ2n) is 10.2. The number of aryl methyl sites for hydroxylation is 1. The van der Waals surface area contributed by atoms with E-state index in [0.717, 1.165) is 33.6 Å². The van der Waals surface area contributed by atoms with Crippen molar-refractivity contribution in [2.75, 3.05) is 5.32 Å². The fourth-order valence-electron chi connectivity index (χ4n) is 3.74. The predicted octanol–water partition coefficient (Wildman–Crippen LogP) is 7.27. The first kappa shape index (κ1) is 20.4. The first-order valence-corrected chi connectivity index (χ1v) is 10.4. The zero-order valence-corrected chi connectivity index (χ0v) is 18.9. The fraction of sp³-hybridized carbons (Fsp3) is 0.346. The van der Waals surface area contributed by atoms with Crippen LogP contribution in [0.25, 0.3) is 16.4 Å². The monoisotopic (exact) mass is 403 g/mol. The van der Waals surface area contributed by atoms with Gasteiger partial charge in [-0.3, -0.25) is 0 Å². The van der Waals surface area contributed by atoms with Crippen molar-refractivity contribution in [2.45, 2.75) is 59.3 Å². The summed E-state index contributed by atoms with van der Waals surface area (Å²) in [7, 11) is 0. The summed E-state index contributed by atoms with van der Waals surface area (Å²) in [6.07, 6.45) is 1.96. The molecule has 0 radical (unpaired) electrons. The molecule has 0 bridgehead atoms. The molecule has 1 N–H and O–H groups in total. The highest BCUT2D eigenvalue weighted by atomic mass is 19.1. The molecule has 0 spiro atoms. The van der Waals surface area contributed by atoms with Gasteiger partial charge in [-0.25, -0.2) is 9.37 Å². The van der Waals surface area contributed by atoms with Crippen molar-refractivity contribution < 1.29 is 4.39 Å². The predicted molar refractivity (Wildman–Crippen MR) is 125 cm³/mol. The number of benzene rings is 2. The van der Waals surface area contributed by atoms with Crippen molar-refractivity contribution in [3.05, 3.63) is 71.3 Å². The lowest BCUT2D eigenvalue weighted by molar-refractivity contribution is 0.569. The number of rotatable bonds is 2. The molecule has 2 aromatic carbocycles. The number of hydrogen-bond donors (Lipinski definition) is 1. The Balaban J connectivity index is 1.84. The normalized spacial score (nSPS) is 12.7. The zero-order chi connectivity index (χ0) is 21.8. The Hall–Kier alpha value is -2.88. The number of aromatic nitrogens is 2. The smallest absolute Gasteiger partial charge is 0.152 e. The lowest BCUT2D eigenvalue weighted by atomic mass is 9.80. The fourth-order valence-corrected chi connectivity index (χ4v) is 3.74. The van der Waals surface area contributed by atoms with E-state index in [2.05, 4.69) is 76.4 Å². The minimum atomic E-state index is -0.234. The Morgan fingerprint density at radius 1 is 0.867 bits per heavy atom. The summed E-state index contributed by atoms with van der Waals surface area (Å²) in [5, 5.41) is 5.35. The highest BCUT2D eigenvalue weighted by molar-refractivity contribution is 5.95. The van der Waals surface area contributed by atoms with Crippen LogP contribution in [-0.2, 0) is 10.8 Å². The molecule has 4 aromatic rings. The molecule has 0 aliphatic heterocycles. The topological polar surface area (TPSA) is 29.3 Å². The van der Waals surface area contributed by atoms with Gasteiger partial charge in [0.25, 0.3) is 0 Å². The highest BCUT2D eigenvalue weighted by Crippen LogP contribution is 2.34. The van der Waals surface area contributed by atoms with Crippen LogP contribution in [0.5, 0.6) is 0 Å². The van der Waals surface area contributed by atoms with Crippen molar-refractivity contribution >= 4 is 27.9 Å². The maximum Gasteiger partial charge on any atom is 0.152 e. The number of halogens is 1. The van der Waals surface area contributed by atoms with Crippen molar-refractivity contribution in [3.8, 4) is 0 Å². The van der Waals surface area contributed by atoms with E-state index in [1.165, 1.54) is 17.2 Å². The Kier molecular flexibility index (Phi) is 4.64. The molecule has 0 saturated carbocycles. The molecule has 4 heteroatoms. The lowest BCUT2D eigenvalue weighted by Crippen LogP contribution is -2.16. The molecule has 0 saturated heterocycles. The first-order valence-electron chi connectivity index (χ1n) is 10.4. The van der Waals surface area contributed by atoms with E-state index >= 15 is 0 Å². The Bertz CT molecular complexity index is 1220. The molecular formula is C26H30FN3. The van der Waals surface area contributed by atoms with Crippen molar-refractivity contribution in [1.29, 1.82) is 0 Å². The summed E-state index contributed by atoms with van der Waals surface area (Å²) in [6.45, 7) is 15.5. The number of hydrogen-bond acceptors (Lipinski definition) is 2. The second kappa shape index (κ2) is 6.83. The number of anilines is 2. The SMILES string of the molecule is Cc1c(Nc2cc(C(C)(C)C)cc(C(C)(C)C)c2)nc2c3ccc(F)cc3ccn12.